The highest BCUT2D eigenvalue weighted by Gasteiger charge is 2.16. The Morgan fingerprint density at radius 1 is 1.33 bits per heavy atom. The first-order chi connectivity index (χ1) is 8.54. The molecule has 1 aromatic heterocycles. The summed E-state index contributed by atoms with van der Waals surface area (Å²) in [4.78, 5) is 0. The van der Waals surface area contributed by atoms with E-state index in [2.05, 4.69) is 40.0 Å². The average Bonchev–Trinajstić information content (AvgIpc) is 2.76. The van der Waals surface area contributed by atoms with Gasteiger partial charge >= 0.3 is 0 Å². The highest BCUT2D eigenvalue weighted by molar-refractivity contribution is 9.08. The first-order valence-corrected chi connectivity index (χ1v) is 6.93. The van der Waals surface area contributed by atoms with Gasteiger partial charge in [0.05, 0.1) is 5.33 Å². The SMILES string of the molecule is Cc1ccc(-c2nnc(CBr)n2C(C)C)cc1F. The first kappa shape index (κ1) is 13.2. The van der Waals surface area contributed by atoms with Crippen molar-refractivity contribution in [2.24, 2.45) is 0 Å². The molecule has 0 atom stereocenters. The molecule has 0 radical (unpaired) electrons. The van der Waals surface area contributed by atoms with Gasteiger partial charge in [-0.3, -0.25) is 0 Å². The Bertz CT molecular complexity index is 563. The second-order valence-corrected chi connectivity index (χ2v) is 5.06. The molecule has 0 aliphatic carbocycles. The quantitative estimate of drug-likeness (QED) is 0.806. The molecule has 0 unspecified atom stereocenters. The van der Waals surface area contributed by atoms with Gasteiger partial charge in [0.2, 0.25) is 0 Å². The molecule has 0 saturated carbocycles. The molecule has 5 heteroatoms. The molecule has 0 aliphatic rings. The minimum atomic E-state index is -0.216. The minimum absolute atomic E-state index is 0.216. The van der Waals surface area contributed by atoms with Gasteiger partial charge in [-0.25, -0.2) is 4.39 Å². The molecule has 2 aromatic rings. The molecule has 0 saturated heterocycles. The lowest BCUT2D eigenvalue weighted by molar-refractivity contribution is 0.584. The van der Waals surface area contributed by atoms with Crippen molar-refractivity contribution in [3.8, 4) is 11.4 Å². The second kappa shape index (κ2) is 5.18. The second-order valence-electron chi connectivity index (χ2n) is 4.50. The number of halogens is 2. The predicted molar refractivity (Wildman–Crippen MR) is 73.2 cm³/mol. The van der Waals surface area contributed by atoms with Gasteiger partial charge in [-0.1, -0.05) is 28.1 Å². The molecule has 0 N–H and O–H groups in total. The Morgan fingerprint density at radius 3 is 2.61 bits per heavy atom. The van der Waals surface area contributed by atoms with Gasteiger partial charge in [-0.05, 0) is 32.4 Å². The van der Waals surface area contributed by atoms with E-state index in [1.54, 1.807) is 13.0 Å². The number of hydrogen-bond acceptors (Lipinski definition) is 2. The van der Waals surface area contributed by atoms with Crippen molar-refractivity contribution in [2.45, 2.75) is 32.1 Å². The van der Waals surface area contributed by atoms with Gasteiger partial charge in [-0.2, -0.15) is 0 Å². The molecule has 18 heavy (non-hydrogen) atoms. The van der Waals surface area contributed by atoms with E-state index < -0.39 is 0 Å². The molecule has 3 nitrogen and oxygen atoms in total. The molecule has 0 aliphatic heterocycles. The number of nitrogens with zero attached hydrogens (tertiary/aromatic N) is 3. The van der Waals surface area contributed by atoms with Crippen LogP contribution in [0.4, 0.5) is 4.39 Å². The lowest BCUT2D eigenvalue weighted by atomic mass is 10.1. The zero-order valence-corrected chi connectivity index (χ0v) is 12.2. The lowest BCUT2D eigenvalue weighted by Crippen LogP contribution is -2.07. The zero-order chi connectivity index (χ0) is 13.3. The number of alkyl halides is 1. The topological polar surface area (TPSA) is 30.7 Å². The highest BCUT2D eigenvalue weighted by atomic mass is 79.9. The monoisotopic (exact) mass is 311 g/mol. The molecule has 1 aromatic carbocycles. The lowest BCUT2D eigenvalue weighted by Gasteiger charge is -2.13. The van der Waals surface area contributed by atoms with Gasteiger partial charge in [0, 0.05) is 11.6 Å². The Kier molecular flexibility index (Phi) is 3.80. The molecule has 0 fully saturated rings. The molecule has 96 valence electrons. The van der Waals surface area contributed by atoms with Crippen molar-refractivity contribution in [3.63, 3.8) is 0 Å². The van der Waals surface area contributed by atoms with Crippen LogP contribution in [0.1, 0.15) is 31.3 Å². The predicted octanol–water partition coefficient (Wildman–Crippen LogP) is 3.87. The van der Waals surface area contributed by atoms with Crippen LogP contribution in [-0.4, -0.2) is 14.8 Å². The van der Waals surface area contributed by atoms with Crippen LogP contribution in [0.2, 0.25) is 0 Å². The van der Waals surface area contributed by atoms with Crippen LogP contribution in [0.5, 0.6) is 0 Å². The average molecular weight is 312 g/mol. The zero-order valence-electron chi connectivity index (χ0n) is 10.6. The number of benzene rings is 1. The maximum absolute atomic E-state index is 13.6. The van der Waals surface area contributed by atoms with Crippen molar-refractivity contribution in [1.29, 1.82) is 0 Å². The summed E-state index contributed by atoms with van der Waals surface area (Å²) in [5, 5.41) is 8.93. The summed E-state index contributed by atoms with van der Waals surface area (Å²) in [6.45, 7) is 5.86. The van der Waals surface area contributed by atoms with Crippen LogP contribution in [-0.2, 0) is 5.33 Å². The summed E-state index contributed by atoms with van der Waals surface area (Å²) in [6, 6.07) is 5.37. The summed E-state index contributed by atoms with van der Waals surface area (Å²) < 4.78 is 15.6. The summed E-state index contributed by atoms with van der Waals surface area (Å²) >= 11 is 3.39. The van der Waals surface area contributed by atoms with Gasteiger partial charge in [-0.15, -0.1) is 10.2 Å². The fourth-order valence-corrected chi connectivity index (χ4v) is 2.27. The molecule has 1 heterocycles. The van der Waals surface area contributed by atoms with Gasteiger partial charge in [0.15, 0.2) is 5.82 Å². The molecular weight excluding hydrogens is 297 g/mol. The van der Waals surface area contributed by atoms with Crippen molar-refractivity contribution >= 4 is 15.9 Å². The van der Waals surface area contributed by atoms with Gasteiger partial charge in [0.25, 0.3) is 0 Å². The summed E-state index contributed by atoms with van der Waals surface area (Å²) in [6.07, 6.45) is 0. The van der Waals surface area contributed by atoms with E-state index in [0.717, 1.165) is 11.4 Å². The third-order valence-corrected chi connectivity index (χ3v) is 3.33. The third-order valence-electron chi connectivity index (χ3n) is 2.83. The highest BCUT2D eigenvalue weighted by Crippen LogP contribution is 2.24. The Balaban J connectivity index is 2.56. The number of hydrogen-bond donors (Lipinski definition) is 0. The largest absolute Gasteiger partial charge is 0.308 e. The van der Waals surface area contributed by atoms with Gasteiger partial charge < -0.3 is 4.57 Å². The standard InChI is InChI=1S/C13H15BrFN3/c1-8(2)18-12(7-14)16-17-13(18)10-5-4-9(3)11(15)6-10/h4-6,8H,7H2,1-3H3. The van der Waals surface area contributed by atoms with E-state index in [0.29, 0.717) is 16.7 Å². The smallest absolute Gasteiger partial charge is 0.164 e. The first-order valence-electron chi connectivity index (χ1n) is 5.81. The Labute approximate surface area is 114 Å². The molecule has 0 bridgehead atoms. The molecule has 0 amide bonds. The number of aryl methyl sites for hydroxylation is 1. The van der Waals surface area contributed by atoms with E-state index >= 15 is 0 Å². The van der Waals surface area contributed by atoms with Crippen molar-refractivity contribution in [1.82, 2.24) is 14.8 Å². The fraction of sp³-hybridized carbons (Fsp3) is 0.385. The van der Waals surface area contributed by atoms with Crippen molar-refractivity contribution < 1.29 is 4.39 Å². The van der Waals surface area contributed by atoms with Crippen molar-refractivity contribution in [2.75, 3.05) is 0 Å². The minimum Gasteiger partial charge on any atom is -0.308 e. The van der Waals surface area contributed by atoms with Crippen LogP contribution in [0.15, 0.2) is 18.2 Å². The summed E-state index contributed by atoms with van der Waals surface area (Å²) in [5.74, 6) is 1.34. The van der Waals surface area contributed by atoms with Crippen molar-refractivity contribution in [3.05, 3.63) is 35.4 Å². The Hall–Kier alpha value is -1.23. The fourth-order valence-electron chi connectivity index (χ4n) is 1.89. The van der Waals surface area contributed by atoms with Crippen LogP contribution in [0.3, 0.4) is 0 Å². The maximum Gasteiger partial charge on any atom is 0.164 e. The Morgan fingerprint density at radius 2 is 2.06 bits per heavy atom. The summed E-state index contributed by atoms with van der Waals surface area (Å²) in [5.41, 5.74) is 1.39. The van der Waals surface area contributed by atoms with Crippen LogP contribution >= 0.6 is 15.9 Å². The van der Waals surface area contributed by atoms with E-state index in [1.165, 1.54) is 6.07 Å². The molecular formula is C13H15BrFN3. The van der Waals surface area contributed by atoms with E-state index in [-0.39, 0.29) is 11.9 Å². The van der Waals surface area contributed by atoms with Crippen LogP contribution in [0, 0.1) is 12.7 Å². The van der Waals surface area contributed by atoms with E-state index in [1.807, 2.05) is 10.6 Å². The third kappa shape index (κ3) is 2.32. The van der Waals surface area contributed by atoms with Crippen LogP contribution < -0.4 is 0 Å². The van der Waals surface area contributed by atoms with Crippen LogP contribution in [0.25, 0.3) is 11.4 Å². The van der Waals surface area contributed by atoms with E-state index in [9.17, 15) is 4.39 Å². The maximum atomic E-state index is 13.6. The molecule has 2 rings (SSSR count). The van der Waals surface area contributed by atoms with E-state index in [4.69, 9.17) is 0 Å². The summed E-state index contributed by atoms with van der Waals surface area (Å²) in [7, 11) is 0. The van der Waals surface area contributed by atoms with Gasteiger partial charge in [0.1, 0.15) is 11.6 Å². The number of aromatic nitrogens is 3. The number of rotatable bonds is 3. The normalized spacial score (nSPS) is 11.2. The molecule has 0 spiro atoms.